The van der Waals surface area contributed by atoms with Crippen LogP contribution in [0.15, 0.2) is 65.4 Å². The van der Waals surface area contributed by atoms with E-state index in [9.17, 15) is 9.18 Å². The number of carbonyl (C=O) groups excluding carboxylic acids is 1. The Balaban J connectivity index is 1.57. The molecular weight excluding hydrogens is 389 g/mol. The van der Waals surface area contributed by atoms with E-state index < -0.39 is 11.7 Å². The predicted octanol–water partition coefficient (Wildman–Crippen LogP) is 4.06. The van der Waals surface area contributed by atoms with Crippen LogP contribution in [0.5, 0.6) is 5.75 Å². The van der Waals surface area contributed by atoms with E-state index in [1.807, 2.05) is 30.3 Å². The van der Waals surface area contributed by atoms with Gasteiger partial charge in [0.25, 0.3) is 5.91 Å². The van der Waals surface area contributed by atoms with Gasteiger partial charge >= 0.3 is 0 Å². The summed E-state index contributed by atoms with van der Waals surface area (Å²) in [6, 6.07) is 13.8. The Hall–Kier alpha value is -2.80. The molecule has 0 atom stereocenters. The Morgan fingerprint density at radius 3 is 2.52 bits per heavy atom. The third kappa shape index (κ3) is 4.60. The molecule has 0 aliphatic rings. The maximum absolute atomic E-state index is 13.6. The molecule has 2 aromatic carbocycles. The van der Waals surface area contributed by atoms with Crippen molar-refractivity contribution >= 4 is 27.5 Å². The van der Waals surface area contributed by atoms with Gasteiger partial charge in [0.05, 0.1) is 18.1 Å². The van der Waals surface area contributed by atoms with Crippen molar-refractivity contribution in [3.8, 4) is 17.1 Å². The van der Waals surface area contributed by atoms with Gasteiger partial charge in [-0.3, -0.25) is 4.79 Å². The molecular formula is C18H13BrFN3O2. The van der Waals surface area contributed by atoms with Crippen molar-refractivity contribution in [2.75, 3.05) is 11.9 Å². The second-order valence-electron chi connectivity index (χ2n) is 5.07. The molecule has 1 N–H and O–H groups in total. The zero-order valence-electron chi connectivity index (χ0n) is 12.9. The maximum Gasteiger partial charge on any atom is 0.262 e. The molecule has 0 aliphatic heterocycles. The molecule has 1 amide bonds. The number of carbonyl (C=O) groups is 1. The number of ether oxygens (including phenoxy) is 1. The summed E-state index contributed by atoms with van der Waals surface area (Å²) in [5.41, 5.74) is 1.32. The minimum absolute atomic E-state index is 0.00836. The molecule has 3 rings (SSSR count). The number of nitrogens with one attached hydrogen (secondary N) is 1. The minimum Gasteiger partial charge on any atom is -0.481 e. The van der Waals surface area contributed by atoms with Crippen molar-refractivity contribution in [2.24, 2.45) is 0 Å². The molecule has 0 bridgehead atoms. The van der Waals surface area contributed by atoms with Gasteiger partial charge in [0, 0.05) is 10.0 Å². The molecule has 7 heteroatoms. The van der Waals surface area contributed by atoms with Crippen LogP contribution < -0.4 is 10.1 Å². The van der Waals surface area contributed by atoms with Gasteiger partial charge in [-0.25, -0.2) is 14.4 Å². The predicted molar refractivity (Wildman–Crippen MR) is 95.7 cm³/mol. The number of aromatic nitrogens is 2. The summed E-state index contributed by atoms with van der Waals surface area (Å²) in [7, 11) is 0. The van der Waals surface area contributed by atoms with E-state index in [1.165, 1.54) is 24.5 Å². The normalized spacial score (nSPS) is 10.3. The fourth-order valence-corrected chi connectivity index (χ4v) is 2.39. The number of benzene rings is 2. The lowest BCUT2D eigenvalue weighted by Crippen LogP contribution is -2.20. The zero-order valence-corrected chi connectivity index (χ0v) is 14.5. The molecule has 5 nitrogen and oxygen atoms in total. The molecule has 25 heavy (non-hydrogen) atoms. The Morgan fingerprint density at radius 1 is 1.12 bits per heavy atom. The third-order valence-electron chi connectivity index (χ3n) is 3.22. The van der Waals surface area contributed by atoms with Gasteiger partial charge in [0.2, 0.25) is 0 Å². The second-order valence-corrected chi connectivity index (χ2v) is 5.99. The highest BCUT2D eigenvalue weighted by Crippen LogP contribution is 2.21. The average Bonchev–Trinajstić information content (AvgIpc) is 2.62. The molecule has 126 valence electrons. The summed E-state index contributed by atoms with van der Waals surface area (Å²) in [4.78, 5) is 20.3. The highest BCUT2D eigenvalue weighted by atomic mass is 79.9. The maximum atomic E-state index is 13.6. The first kappa shape index (κ1) is 17.0. The van der Waals surface area contributed by atoms with Crippen LogP contribution in [-0.4, -0.2) is 22.5 Å². The van der Waals surface area contributed by atoms with Crippen molar-refractivity contribution < 1.29 is 13.9 Å². The average molecular weight is 402 g/mol. The third-order valence-corrected chi connectivity index (χ3v) is 3.71. The number of hydrogen-bond donors (Lipinski definition) is 1. The number of anilines is 1. The van der Waals surface area contributed by atoms with Crippen LogP contribution in [0.4, 0.5) is 10.1 Å². The van der Waals surface area contributed by atoms with Crippen molar-refractivity contribution in [1.29, 1.82) is 0 Å². The van der Waals surface area contributed by atoms with E-state index in [-0.39, 0.29) is 12.4 Å². The second kappa shape index (κ2) is 7.85. The van der Waals surface area contributed by atoms with E-state index in [4.69, 9.17) is 4.74 Å². The Labute approximate surface area is 152 Å². The molecule has 1 heterocycles. The summed E-state index contributed by atoms with van der Waals surface area (Å²) < 4.78 is 19.4. The zero-order chi connectivity index (χ0) is 17.6. The highest BCUT2D eigenvalue weighted by Gasteiger charge is 2.09. The first-order chi connectivity index (χ1) is 12.1. The van der Waals surface area contributed by atoms with Crippen LogP contribution in [0.2, 0.25) is 0 Å². The van der Waals surface area contributed by atoms with Crippen molar-refractivity contribution in [3.63, 3.8) is 0 Å². The first-order valence-corrected chi connectivity index (χ1v) is 8.16. The van der Waals surface area contributed by atoms with Gasteiger partial charge < -0.3 is 10.1 Å². The van der Waals surface area contributed by atoms with Crippen molar-refractivity contribution in [3.05, 3.63) is 71.2 Å². The van der Waals surface area contributed by atoms with Crippen LogP contribution in [0.25, 0.3) is 11.4 Å². The monoisotopic (exact) mass is 401 g/mol. The van der Waals surface area contributed by atoms with Crippen LogP contribution in [0, 0.1) is 5.82 Å². The minimum atomic E-state index is -0.544. The van der Waals surface area contributed by atoms with Gasteiger partial charge in [0.1, 0.15) is 0 Å². The standard InChI is InChI=1S/C18H13BrFN3O2/c19-13-6-7-16(15(20)8-13)25-11-17(24)23-14-9-21-18(22-10-14)12-4-2-1-3-5-12/h1-10H,11H2,(H,23,24). The van der Waals surface area contributed by atoms with E-state index in [0.29, 0.717) is 16.0 Å². The lowest BCUT2D eigenvalue weighted by molar-refractivity contribution is -0.118. The first-order valence-electron chi connectivity index (χ1n) is 7.37. The van der Waals surface area contributed by atoms with Crippen molar-refractivity contribution in [1.82, 2.24) is 9.97 Å². The number of halogens is 2. The molecule has 0 saturated carbocycles. The van der Waals surface area contributed by atoms with E-state index >= 15 is 0 Å². The molecule has 0 fully saturated rings. The molecule has 3 aromatic rings. The molecule has 0 aliphatic carbocycles. The molecule has 0 saturated heterocycles. The summed E-state index contributed by atoms with van der Waals surface area (Å²) >= 11 is 3.15. The Kier molecular flexibility index (Phi) is 5.35. The van der Waals surface area contributed by atoms with E-state index in [0.717, 1.165) is 5.56 Å². The number of rotatable bonds is 5. The van der Waals surface area contributed by atoms with E-state index in [2.05, 4.69) is 31.2 Å². The fraction of sp³-hybridized carbons (Fsp3) is 0.0556. The quantitative estimate of drug-likeness (QED) is 0.699. The van der Waals surface area contributed by atoms with Gasteiger partial charge in [-0.2, -0.15) is 0 Å². The fourth-order valence-electron chi connectivity index (χ4n) is 2.06. The van der Waals surface area contributed by atoms with E-state index in [1.54, 1.807) is 6.07 Å². The summed E-state index contributed by atoms with van der Waals surface area (Å²) in [6.07, 6.45) is 3.01. The number of hydrogen-bond acceptors (Lipinski definition) is 4. The summed E-state index contributed by atoms with van der Waals surface area (Å²) in [6.45, 7) is -0.320. The van der Waals surface area contributed by atoms with Gasteiger partial charge in [0.15, 0.2) is 24.0 Å². The van der Waals surface area contributed by atoms with Gasteiger partial charge in [-0.1, -0.05) is 46.3 Å². The smallest absolute Gasteiger partial charge is 0.262 e. The largest absolute Gasteiger partial charge is 0.481 e. The SMILES string of the molecule is O=C(COc1ccc(Br)cc1F)Nc1cnc(-c2ccccc2)nc1. The molecule has 0 unspecified atom stereocenters. The molecule has 0 spiro atoms. The van der Waals surface area contributed by atoms with Crippen molar-refractivity contribution in [2.45, 2.75) is 0 Å². The topological polar surface area (TPSA) is 64.1 Å². The Morgan fingerprint density at radius 2 is 1.84 bits per heavy atom. The molecule has 1 aromatic heterocycles. The lowest BCUT2D eigenvalue weighted by Gasteiger charge is -2.08. The van der Waals surface area contributed by atoms with Gasteiger partial charge in [-0.15, -0.1) is 0 Å². The van der Waals surface area contributed by atoms with Crippen LogP contribution in [0.1, 0.15) is 0 Å². The van der Waals surface area contributed by atoms with Crippen LogP contribution in [-0.2, 0) is 4.79 Å². The lowest BCUT2D eigenvalue weighted by atomic mass is 10.2. The van der Waals surface area contributed by atoms with Crippen LogP contribution in [0.3, 0.4) is 0 Å². The Bertz CT molecular complexity index is 873. The number of amides is 1. The summed E-state index contributed by atoms with van der Waals surface area (Å²) in [5.74, 6) is -0.406. The van der Waals surface area contributed by atoms with Crippen LogP contribution >= 0.6 is 15.9 Å². The summed E-state index contributed by atoms with van der Waals surface area (Å²) in [5, 5.41) is 2.60. The van der Waals surface area contributed by atoms with Gasteiger partial charge in [-0.05, 0) is 18.2 Å². The highest BCUT2D eigenvalue weighted by molar-refractivity contribution is 9.10. The number of nitrogens with zero attached hydrogens (tertiary/aromatic N) is 2. The molecule has 0 radical (unpaired) electrons.